The number of nitrogens with one attached hydrogen (secondary N) is 1. The molecular formula is C15H19NO. The summed E-state index contributed by atoms with van der Waals surface area (Å²) >= 11 is 0. The molecule has 17 heavy (non-hydrogen) atoms. The molecule has 0 aliphatic carbocycles. The van der Waals surface area contributed by atoms with E-state index in [0.29, 0.717) is 0 Å². The van der Waals surface area contributed by atoms with Gasteiger partial charge in [-0.3, -0.25) is 0 Å². The van der Waals surface area contributed by atoms with E-state index in [0.717, 1.165) is 25.3 Å². The summed E-state index contributed by atoms with van der Waals surface area (Å²) in [5, 5.41) is 3.43. The van der Waals surface area contributed by atoms with Crippen molar-refractivity contribution in [3.05, 3.63) is 59.0 Å². The third-order valence-electron chi connectivity index (χ3n) is 3.03. The molecule has 1 N–H and O–H groups in total. The van der Waals surface area contributed by atoms with Gasteiger partial charge in [0.15, 0.2) is 0 Å². The topological polar surface area (TPSA) is 25.2 Å². The summed E-state index contributed by atoms with van der Waals surface area (Å²) in [5.74, 6) is 1.04. The summed E-state index contributed by atoms with van der Waals surface area (Å²) in [5.41, 5.74) is 4.05. The van der Waals surface area contributed by atoms with Crippen LogP contribution in [-0.2, 0) is 13.0 Å². The van der Waals surface area contributed by atoms with Crippen molar-refractivity contribution in [2.45, 2.75) is 26.8 Å². The molecule has 1 heterocycles. The van der Waals surface area contributed by atoms with Crippen molar-refractivity contribution >= 4 is 0 Å². The molecule has 0 unspecified atom stereocenters. The van der Waals surface area contributed by atoms with Gasteiger partial charge in [-0.25, -0.2) is 0 Å². The Morgan fingerprint density at radius 3 is 2.71 bits per heavy atom. The van der Waals surface area contributed by atoms with Crippen LogP contribution in [0.1, 0.15) is 22.5 Å². The van der Waals surface area contributed by atoms with Crippen molar-refractivity contribution in [3.63, 3.8) is 0 Å². The predicted molar refractivity (Wildman–Crippen MR) is 70.0 cm³/mol. The first-order valence-electron chi connectivity index (χ1n) is 6.05. The van der Waals surface area contributed by atoms with Gasteiger partial charge in [0.05, 0.1) is 6.26 Å². The lowest BCUT2D eigenvalue weighted by molar-refractivity contribution is 0.499. The van der Waals surface area contributed by atoms with Crippen molar-refractivity contribution in [3.8, 4) is 0 Å². The minimum atomic E-state index is 0.918. The Bertz CT molecular complexity index is 460. The molecule has 1 aromatic carbocycles. The van der Waals surface area contributed by atoms with Gasteiger partial charge >= 0.3 is 0 Å². The van der Waals surface area contributed by atoms with Crippen molar-refractivity contribution in [1.82, 2.24) is 5.32 Å². The fraction of sp³-hybridized carbons (Fsp3) is 0.333. The maximum Gasteiger partial charge on any atom is 0.105 e. The normalized spacial score (nSPS) is 10.7. The molecule has 2 heteroatoms. The Morgan fingerprint density at radius 1 is 1.12 bits per heavy atom. The third kappa shape index (κ3) is 3.46. The molecule has 0 saturated carbocycles. The molecule has 0 saturated heterocycles. The molecule has 2 aromatic rings. The average Bonchev–Trinajstić information content (AvgIpc) is 2.82. The van der Waals surface area contributed by atoms with E-state index in [1.807, 2.05) is 12.1 Å². The second-order valence-electron chi connectivity index (χ2n) is 4.42. The van der Waals surface area contributed by atoms with E-state index in [1.54, 1.807) is 6.26 Å². The van der Waals surface area contributed by atoms with Crippen LogP contribution in [-0.4, -0.2) is 6.54 Å². The molecule has 2 nitrogen and oxygen atoms in total. The first kappa shape index (κ1) is 11.9. The van der Waals surface area contributed by atoms with Gasteiger partial charge in [-0.05, 0) is 42.7 Å². The zero-order chi connectivity index (χ0) is 12.1. The molecule has 0 radical (unpaired) electrons. The third-order valence-corrected chi connectivity index (χ3v) is 3.03. The van der Waals surface area contributed by atoms with E-state index in [-0.39, 0.29) is 0 Å². The predicted octanol–water partition coefficient (Wildman–Crippen LogP) is 3.23. The van der Waals surface area contributed by atoms with E-state index >= 15 is 0 Å². The van der Waals surface area contributed by atoms with Gasteiger partial charge in [0.2, 0.25) is 0 Å². The van der Waals surface area contributed by atoms with Crippen LogP contribution in [0.15, 0.2) is 41.0 Å². The highest BCUT2D eigenvalue weighted by Gasteiger charge is 1.97. The van der Waals surface area contributed by atoms with Gasteiger partial charge in [0, 0.05) is 19.5 Å². The van der Waals surface area contributed by atoms with Gasteiger partial charge in [0.1, 0.15) is 5.76 Å². The van der Waals surface area contributed by atoms with Crippen molar-refractivity contribution in [1.29, 1.82) is 0 Å². The molecule has 0 aliphatic heterocycles. The Balaban J connectivity index is 1.76. The summed E-state index contributed by atoms with van der Waals surface area (Å²) in [6.07, 6.45) is 2.66. The first-order valence-corrected chi connectivity index (χ1v) is 6.05. The molecule has 0 spiro atoms. The molecule has 2 rings (SSSR count). The van der Waals surface area contributed by atoms with Crippen LogP contribution in [0.5, 0.6) is 0 Å². The highest BCUT2D eigenvalue weighted by Crippen LogP contribution is 2.09. The van der Waals surface area contributed by atoms with Gasteiger partial charge in [-0.1, -0.05) is 18.2 Å². The Morgan fingerprint density at radius 2 is 2.00 bits per heavy atom. The lowest BCUT2D eigenvalue weighted by Crippen LogP contribution is -2.16. The highest BCUT2D eigenvalue weighted by atomic mass is 16.3. The van der Waals surface area contributed by atoms with Crippen LogP contribution in [0, 0.1) is 13.8 Å². The Kier molecular flexibility index (Phi) is 3.99. The average molecular weight is 229 g/mol. The van der Waals surface area contributed by atoms with Crippen LogP contribution in [0.25, 0.3) is 0 Å². The summed E-state index contributed by atoms with van der Waals surface area (Å²) in [7, 11) is 0. The number of hydrogen-bond donors (Lipinski definition) is 1. The van der Waals surface area contributed by atoms with Gasteiger partial charge in [-0.15, -0.1) is 0 Å². The quantitative estimate of drug-likeness (QED) is 0.796. The smallest absolute Gasteiger partial charge is 0.105 e. The molecule has 0 aliphatic rings. The number of benzene rings is 1. The maximum atomic E-state index is 5.28. The summed E-state index contributed by atoms with van der Waals surface area (Å²) in [4.78, 5) is 0. The van der Waals surface area contributed by atoms with Crippen molar-refractivity contribution in [2.75, 3.05) is 6.54 Å². The van der Waals surface area contributed by atoms with Crippen LogP contribution >= 0.6 is 0 Å². The molecule has 1 aromatic heterocycles. The number of furan rings is 1. The Hall–Kier alpha value is -1.54. The van der Waals surface area contributed by atoms with E-state index in [1.165, 1.54) is 16.7 Å². The fourth-order valence-corrected chi connectivity index (χ4v) is 1.81. The van der Waals surface area contributed by atoms with Gasteiger partial charge in [0.25, 0.3) is 0 Å². The summed E-state index contributed by atoms with van der Waals surface area (Å²) in [6.45, 7) is 6.16. The SMILES string of the molecule is Cc1ccc(CNCCc2ccco2)cc1C. The highest BCUT2D eigenvalue weighted by molar-refractivity contribution is 5.29. The minimum Gasteiger partial charge on any atom is -0.469 e. The lowest BCUT2D eigenvalue weighted by Gasteiger charge is -2.06. The zero-order valence-corrected chi connectivity index (χ0v) is 10.5. The van der Waals surface area contributed by atoms with E-state index in [4.69, 9.17) is 4.42 Å². The van der Waals surface area contributed by atoms with Crippen LogP contribution in [0.4, 0.5) is 0 Å². The second kappa shape index (κ2) is 5.69. The van der Waals surface area contributed by atoms with E-state index in [9.17, 15) is 0 Å². The number of aryl methyl sites for hydroxylation is 2. The monoisotopic (exact) mass is 229 g/mol. The van der Waals surface area contributed by atoms with E-state index < -0.39 is 0 Å². The largest absolute Gasteiger partial charge is 0.469 e. The number of hydrogen-bond acceptors (Lipinski definition) is 2. The van der Waals surface area contributed by atoms with Crippen LogP contribution in [0.3, 0.4) is 0 Å². The zero-order valence-electron chi connectivity index (χ0n) is 10.5. The van der Waals surface area contributed by atoms with Gasteiger partial charge < -0.3 is 9.73 Å². The second-order valence-corrected chi connectivity index (χ2v) is 4.42. The standard InChI is InChI=1S/C15H19NO/c1-12-5-6-14(10-13(12)2)11-16-8-7-15-4-3-9-17-15/h3-6,9-10,16H,7-8,11H2,1-2H3. The maximum absolute atomic E-state index is 5.28. The number of rotatable bonds is 5. The lowest BCUT2D eigenvalue weighted by atomic mass is 10.1. The Labute approximate surface area is 103 Å². The molecule has 0 bridgehead atoms. The molecule has 90 valence electrons. The molecule has 0 fully saturated rings. The van der Waals surface area contributed by atoms with Gasteiger partial charge in [-0.2, -0.15) is 0 Å². The molecular weight excluding hydrogens is 210 g/mol. The van der Waals surface area contributed by atoms with Crippen molar-refractivity contribution in [2.24, 2.45) is 0 Å². The van der Waals surface area contributed by atoms with E-state index in [2.05, 4.69) is 37.4 Å². The van der Waals surface area contributed by atoms with Crippen LogP contribution in [0.2, 0.25) is 0 Å². The molecule has 0 atom stereocenters. The molecule has 0 amide bonds. The van der Waals surface area contributed by atoms with Crippen LogP contribution < -0.4 is 5.32 Å². The minimum absolute atomic E-state index is 0.918. The van der Waals surface area contributed by atoms with Crippen molar-refractivity contribution < 1.29 is 4.42 Å². The summed E-state index contributed by atoms with van der Waals surface area (Å²) in [6, 6.07) is 10.5. The summed E-state index contributed by atoms with van der Waals surface area (Å²) < 4.78 is 5.28. The fourth-order valence-electron chi connectivity index (χ4n) is 1.81. The first-order chi connectivity index (χ1) is 8.25.